The van der Waals surface area contributed by atoms with Crippen LogP contribution in [-0.4, -0.2) is 24.1 Å². The van der Waals surface area contributed by atoms with Gasteiger partial charge in [0.2, 0.25) is 0 Å². The summed E-state index contributed by atoms with van der Waals surface area (Å²) < 4.78 is 6.10. The number of nitrogens with one attached hydrogen (secondary N) is 2. The van der Waals surface area contributed by atoms with E-state index in [1.54, 1.807) is 18.2 Å². The third-order valence-electron chi connectivity index (χ3n) is 8.03. The van der Waals surface area contributed by atoms with E-state index in [9.17, 15) is 14.4 Å². The van der Waals surface area contributed by atoms with Crippen molar-refractivity contribution in [2.45, 2.75) is 73.1 Å². The van der Waals surface area contributed by atoms with Gasteiger partial charge in [-0.2, -0.15) is 0 Å². The van der Waals surface area contributed by atoms with Crippen LogP contribution in [0.2, 0.25) is 5.02 Å². The Bertz CT molecular complexity index is 1450. The number of Topliss-reactive ketones (excluding diaryl/α,β-unsaturated/α-hetero) is 2. The van der Waals surface area contributed by atoms with Crippen LogP contribution in [0.4, 0.5) is 5.69 Å². The van der Waals surface area contributed by atoms with E-state index < -0.39 is 5.92 Å². The molecule has 1 amide bonds. The van der Waals surface area contributed by atoms with Crippen molar-refractivity contribution in [3.05, 3.63) is 80.7 Å². The van der Waals surface area contributed by atoms with Gasteiger partial charge in [-0.3, -0.25) is 14.4 Å². The van der Waals surface area contributed by atoms with Crippen molar-refractivity contribution in [1.82, 2.24) is 5.32 Å². The predicted octanol–water partition coefficient (Wildman–Crippen LogP) is 6.95. The number of anilines is 1. The molecule has 0 atom stereocenters. The number of amides is 1. The number of rotatable bonds is 5. The number of ketones is 2. The molecule has 0 saturated heterocycles. The summed E-state index contributed by atoms with van der Waals surface area (Å²) in [6, 6.07) is 11.1. The van der Waals surface area contributed by atoms with Crippen LogP contribution in [0.25, 0.3) is 0 Å². The molecule has 0 bridgehead atoms. The number of dihydropyridines is 1. The van der Waals surface area contributed by atoms with Crippen molar-refractivity contribution >= 4 is 34.8 Å². The van der Waals surface area contributed by atoms with Crippen LogP contribution in [-0.2, 0) is 14.4 Å². The average Bonchev–Trinajstić information content (AvgIpc) is 2.82. The van der Waals surface area contributed by atoms with Gasteiger partial charge in [0.25, 0.3) is 5.91 Å². The molecular formula is C33H37ClN2O4. The number of carbonyl (C=O) groups is 3. The summed E-state index contributed by atoms with van der Waals surface area (Å²) in [4.78, 5) is 40.3. The van der Waals surface area contributed by atoms with Gasteiger partial charge in [0.05, 0.1) is 0 Å². The fourth-order valence-electron chi connectivity index (χ4n) is 6.28. The van der Waals surface area contributed by atoms with E-state index in [1.165, 1.54) is 0 Å². The van der Waals surface area contributed by atoms with Gasteiger partial charge in [-0.25, -0.2) is 0 Å². The Morgan fingerprint density at radius 1 is 0.925 bits per heavy atom. The Balaban J connectivity index is 1.54. The summed E-state index contributed by atoms with van der Waals surface area (Å²) in [5.41, 5.74) is 5.94. The minimum Gasteiger partial charge on any atom is -0.483 e. The van der Waals surface area contributed by atoms with Crippen LogP contribution in [0.15, 0.2) is 58.9 Å². The van der Waals surface area contributed by atoms with Crippen molar-refractivity contribution in [1.29, 1.82) is 0 Å². The number of hydrogen-bond donors (Lipinski definition) is 2. The zero-order valence-corrected chi connectivity index (χ0v) is 24.8. The maximum Gasteiger partial charge on any atom is 0.262 e. The number of hydrogen-bond acceptors (Lipinski definition) is 5. The Kier molecular flexibility index (Phi) is 7.20. The first-order valence-corrected chi connectivity index (χ1v) is 14.2. The van der Waals surface area contributed by atoms with E-state index in [0.29, 0.717) is 53.2 Å². The number of allylic oxidation sites excluding steroid dienone is 4. The quantitative estimate of drug-likeness (QED) is 0.413. The summed E-state index contributed by atoms with van der Waals surface area (Å²) in [5, 5.41) is 6.93. The van der Waals surface area contributed by atoms with Crippen LogP contribution in [0.5, 0.6) is 5.75 Å². The second-order valence-electron chi connectivity index (χ2n) is 13.1. The predicted molar refractivity (Wildman–Crippen MR) is 157 cm³/mol. The normalized spacial score (nSPS) is 20.1. The van der Waals surface area contributed by atoms with Crippen LogP contribution in [0.3, 0.4) is 0 Å². The van der Waals surface area contributed by atoms with E-state index in [-0.39, 0.29) is 34.9 Å². The molecule has 0 radical (unpaired) electrons. The lowest BCUT2D eigenvalue weighted by Crippen LogP contribution is -2.42. The smallest absolute Gasteiger partial charge is 0.262 e. The Morgan fingerprint density at radius 2 is 1.52 bits per heavy atom. The summed E-state index contributed by atoms with van der Waals surface area (Å²) >= 11 is 6.50. The molecule has 2 aromatic rings. The summed E-state index contributed by atoms with van der Waals surface area (Å²) in [5.74, 6) is -0.431. The molecule has 0 fully saturated rings. The van der Waals surface area contributed by atoms with Gasteiger partial charge in [0.1, 0.15) is 5.75 Å². The van der Waals surface area contributed by atoms with E-state index in [1.807, 2.05) is 32.0 Å². The molecular weight excluding hydrogens is 524 g/mol. The molecule has 6 nitrogen and oxygen atoms in total. The Hall–Kier alpha value is -3.38. The molecule has 0 saturated carbocycles. The van der Waals surface area contributed by atoms with E-state index >= 15 is 0 Å². The standard InChI is InChI=1S/C33H37ClN2O4/c1-18-7-8-19(2)22(11-18)36-28(39)17-40-27-10-9-20(34)12-21(27)29-30-23(13-32(3,4)15-25(30)37)35-24-14-33(5,6)16-26(38)31(24)29/h7-12,29,35H,13-17H2,1-6H3,(H,36,39). The molecule has 3 aliphatic rings. The maximum atomic E-state index is 13.7. The number of ether oxygens (including phenoxy) is 1. The summed E-state index contributed by atoms with van der Waals surface area (Å²) in [6.45, 7) is 12.0. The first kappa shape index (κ1) is 28.2. The lowest BCUT2D eigenvalue weighted by molar-refractivity contribution is -0.120. The fraction of sp³-hybridized carbons (Fsp3) is 0.424. The van der Waals surface area contributed by atoms with E-state index in [2.05, 4.69) is 38.3 Å². The molecule has 5 rings (SSSR count). The van der Waals surface area contributed by atoms with Crippen LogP contribution in [0, 0.1) is 24.7 Å². The van der Waals surface area contributed by atoms with Crippen molar-refractivity contribution in [3.8, 4) is 5.75 Å². The number of halogens is 1. The zero-order valence-electron chi connectivity index (χ0n) is 24.1. The molecule has 0 spiro atoms. The van der Waals surface area contributed by atoms with Crippen LogP contribution < -0.4 is 15.4 Å². The molecule has 0 unspecified atom stereocenters. The lowest BCUT2D eigenvalue weighted by atomic mass is 9.64. The highest BCUT2D eigenvalue weighted by molar-refractivity contribution is 6.30. The minimum absolute atomic E-state index is 0.0199. The molecule has 2 aromatic carbocycles. The number of aryl methyl sites for hydroxylation is 2. The Labute approximate surface area is 241 Å². The zero-order chi connectivity index (χ0) is 29.0. The highest BCUT2D eigenvalue weighted by atomic mass is 35.5. The van der Waals surface area contributed by atoms with E-state index in [0.717, 1.165) is 28.2 Å². The van der Waals surface area contributed by atoms with Gasteiger partial charge in [0, 0.05) is 57.6 Å². The third kappa shape index (κ3) is 5.60. The Morgan fingerprint density at radius 3 is 2.12 bits per heavy atom. The van der Waals surface area contributed by atoms with Gasteiger partial charge >= 0.3 is 0 Å². The molecule has 40 heavy (non-hydrogen) atoms. The summed E-state index contributed by atoms with van der Waals surface area (Å²) in [7, 11) is 0. The largest absolute Gasteiger partial charge is 0.483 e. The number of benzene rings is 2. The minimum atomic E-state index is -0.603. The van der Waals surface area contributed by atoms with Crippen molar-refractivity contribution in [3.63, 3.8) is 0 Å². The van der Waals surface area contributed by atoms with Gasteiger partial charge in [-0.05, 0) is 72.9 Å². The first-order valence-electron chi connectivity index (χ1n) is 13.8. The third-order valence-corrected chi connectivity index (χ3v) is 8.26. The molecule has 210 valence electrons. The second kappa shape index (κ2) is 10.2. The monoisotopic (exact) mass is 560 g/mol. The highest BCUT2D eigenvalue weighted by Gasteiger charge is 2.47. The van der Waals surface area contributed by atoms with Gasteiger partial charge in [0.15, 0.2) is 18.2 Å². The van der Waals surface area contributed by atoms with Crippen molar-refractivity contribution in [2.24, 2.45) is 10.8 Å². The van der Waals surface area contributed by atoms with Crippen molar-refractivity contribution in [2.75, 3.05) is 11.9 Å². The van der Waals surface area contributed by atoms with Crippen molar-refractivity contribution < 1.29 is 19.1 Å². The highest BCUT2D eigenvalue weighted by Crippen LogP contribution is 2.52. The summed E-state index contributed by atoms with van der Waals surface area (Å²) in [6.07, 6.45) is 2.18. The SMILES string of the molecule is Cc1ccc(C)c(NC(=O)COc2ccc(Cl)cc2C2C3=C(CC(C)(C)CC3=O)NC3=C2C(=O)CC(C)(C)C3)c1. The molecule has 1 heterocycles. The number of carbonyl (C=O) groups excluding carboxylic acids is 3. The average molecular weight is 561 g/mol. The van der Waals surface area contributed by atoms with Gasteiger partial charge in [-0.1, -0.05) is 51.4 Å². The lowest BCUT2D eigenvalue weighted by Gasteiger charge is -2.44. The van der Waals surface area contributed by atoms with E-state index in [4.69, 9.17) is 16.3 Å². The van der Waals surface area contributed by atoms with Crippen LogP contribution >= 0.6 is 11.6 Å². The molecule has 7 heteroatoms. The second-order valence-corrected chi connectivity index (χ2v) is 13.5. The van der Waals surface area contributed by atoms with Gasteiger partial charge in [-0.15, -0.1) is 0 Å². The molecule has 2 N–H and O–H groups in total. The topological polar surface area (TPSA) is 84.5 Å². The fourth-order valence-corrected chi connectivity index (χ4v) is 6.46. The molecule has 2 aliphatic carbocycles. The molecule has 1 aliphatic heterocycles. The maximum absolute atomic E-state index is 13.7. The first-order chi connectivity index (χ1) is 18.7. The van der Waals surface area contributed by atoms with Gasteiger partial charge < -0.3 is 15.4 Å². The molecule has 0 aromatic heterocycles. The van der Waals surface area contributed by atoms with Crippen LogP contribution in [0.1, 0.15) is 76.0 Å².